The Bertz CT molecular complexity index is 263. The second-order valence-electron chi connectivity index (χ2n) is 5.74. The molecule has 1 fully saturated rings. The Labute approximate surface area is 114 Å². The average molecular weight is 249 g/mol. The number of hydrogen-bond acceptors (Lipinski definition) is 1. The molecule has 104 valence electrons. The van der Waals surface area contributed by atoms with Gasteiger partial charge < -0.3 is 5.32 Å². The molecule has 0 saturated heterocycles. The third-order valence-electron chi connectivity index (χ3n) is 4.30. The summed E-state index contributed by atoms with van der Waals surface area (Å²) in [5.74, 6) is 2.43. The van der Waals surface area contributed by atoms with Gasteiger partial charge >= 0.3 is 0 Å². The molecule has 1 N–H and O–H groups in total. The fraction of sp³-hybridized carbons (Fsp3) is 0.765. The van der Waals surface area contributed by atoms with E-state index in [4.69, 9.17) is 0 Å². The summed E-state index contributed by atoms with van der Waals surface area (Å²) in [7, 11) is 2.07. The van der Waals surface area contributed by atoms with Gasteiger partial charge in [-0.3, -0.25) is 0 Å². The minimum absolute atomic E-state index is 0.693. The molecule has 0 aliphatic heterocycles. The highest BCUT2D eigenvalue weighted by Gasteiger charge is 2.25. The lowest BCUT2D eigenvalue weighted by Crippen LogP contribution is -2.21. The Balaban J connectivity index is 2.38. The summed E-state index contributed by atoms with van der Waals surface area (Å²) in [6.45, 7) is 9.58. The minimum Gasteiger partial charge on any atom is -0.319 e. The average Bonchev–Trinajstić information content (AvgIpc) is 3.21. The van der Waals surface area contributed by atoms with Crippen molar-refractivity contribution >= 4 is 0 Å². The van der Waals surface area contributed by atoms with Gasteiger partial charge in [0.15, 0.2) is 0 Å². The van der Waals surface area contributed by atoms with Crippen LogP contribution in [0.2, 0.25) is 0 Å². The molecule has 0 aromatic rings. The van der Waals surface area contributed by atoms with Crippen molar-refractivity contribution in [3.05, 3.63) is 24.3 Å². The monoisotopic (exact) mass is 249 g/mol. The first-order valence-corrected chi connectivity index (χ1v) is 7.67. The molecule has 1 nitrogen and oxygen atoms in total. The maximum atomic E-state index is 3.96. The molecule has 0 bridgehead atoms. The zero-order chi connectivity index (χ0) is 13.4. The molecule has 1 aliphatic rings. The van der Waals surface area contributed by atoms with Crippen molar-refractivity contribution in [3.8, 4) is 0 Å². The lowest BCUT2D eigenvalue weighted by molar-refractivity contribution is 0.374. The van der Waals surface area contributed by atoms with Crippen molar-refractivity contribution < 1.29 is 0 Å². The lowest BCUT2D eigenvalue weighted by atomic mass is 9.87. The van der Waals surface area contributed by atoms with Crippen LogP contribution in [-0.2, 0) is 0 Å². The van der Waals surface area contributed by atoms with Gasteiger partial charge in [0.05, 0.1) is 0 Å². The number of allylic oxidation sites excluding steroid dienone is 3. The van der Waals surface area contributed by atoms with Crippen LogP contribution in [0.1, 0.15) is 52.4 Å². The van der Waals surface area contributed by atoms with Gasteiger partial charge in [-0.2, -0.15) is 0 Å². The lowest BCUT2D eigenvalue weighted by Gasteiger charge is -2.21. The van der Waals surface area contributed by atoms with Crippen molar-refractivity contribution in [2.24, 2.45) is 17.8 Å². The van der Waals surface area contributed by atoms with Crippen LogP contribution in [0.5, 0.6) is 0 Å². The molecular formula is C17H31N. The predicted molar refractivity (Wildman–Crippen MR) is 81.7 cm³/mol. The molecule has 0 heterocycles. The second kappa shape index (κ2) is 8.53. The molecule has 0 aromatic heterocycles. The molecule has 0 amide bonds. The Hall–Kier alpha value is -0.560. The van der Waals surface area contributed by atoms with Crippen LogP contribution >= 0.6 is 0 Å². The highest BCUT2D eigenvalue weighted by Crippen LogP contribution is 2.39. The van der Waals surface area contributed by atoms with Gasteiger partial charge in [-0.1, -0.05) is 24.6 Å². The van der Waals surface area contributed by atoms with E-state index in [1.54, 1.807) is 5.57 Å². The zero-order valence-corrected chi connectivity index (χ0v) is 12.5. The number of hydrogen-bond donors (Lipinski definition) is 1. The first kappa shape index (κ1) is 15.5. The molecule has 1 aliphatic carbocycles. The summed E-state index contributed by atoms with van der Waals surface area (Å²) in [6, 6.07) is 0. The molecule has 1 saturated carbocycles. The quantitative estimate of drug-likeness (QED) is 0.560. The van der Waals surface area contributed by atoms with Crippen LogP contribution in [0.4, 0.5) is 0 Å². The van der Waals surface area contributed by atoms with Crippen molar-refractivity contribution in [2.45, 2.75) is 52.4 Å². The SMILES string of the molecule is C=CC(CC)CC(CC/C(=C\C)C1CC1)CNC. The van der Waals surface area contributed by atoms with E-state index in [0.717, 1.165) is 18.4 Å². The molecule has 18 heavy (non-hydrogen) atoms. The van der Waals surface area contributed by atoms with Crippen LogP contribution in [0.15, 0.2) is 24.3 Å². The van der Waals surface area contributed by atoms with Crippen LogP contribution in [0, 0.1) is 17.8 Å². The van der Waals surface area contributed by atoms with Crippen LogP contribution in [-0.4, -0.2) is 13.6 Å². The van der Waals surface area contributed by atoms with Crippen molar-refractivity contribution in [3.63, 3.8) is 0 Å². The first-order chi connectivity index (χ1) is 8.74. The maximum Gasteiger partial charge on any atom is -0.00232 e. The van der Waals surface area contributed by atoms with E-state index in [1.807, 2.05) is 0 Å². The molecule has 0 aromatic carbocycles. The predicted octanol–water partition coefficient (Wildman–Crippen LogP) is 4.56. The van der Waals surface area contributed by atoms with Gasteiger partial charge in [0.25, 0.3) is 0 Å². The van der Waals surface area contributed by atoms with E-state index in [9.17, 15) is 0 Å². The number of nitrogens with one attached hydrogen (secondary N) is 1. The van der Waals surface area contributed by atoms with Crippen molar-refractivity contribution in [1.82, 2.24) is 5.32 Å². The van der Waals surface area contributed by atoms with Gasteiger partial charge in [0, 0.05) is 0 Å². The molecule has 2 unspecified atom stereocenters. The van der Waals surface area contributed by atoms with Crippen LogP contribution in [0.3, 0.4) is 0 Å². The normalized spacial score (nSPS) is 19.6. The molecule has 1 heteroatoms. The summed E-state index contributed by atoms with van der Waals surface area (Å²) in [5, 5.41) is 3.35. The van der Waals surface area contributed by atoms with Gasteiger partial charge in [0.2, 0.25) is 0 Å². The minimum atomic E-state index is 0.693. The maximum absolute atomic E-state index is 3.96. The Morgan fingerprint density at radius 1 is 1.44 bits per heavy atom. The smallest absolute Gasteiger partial charge is 0.00232 e. The van der Waals surface area contributed by atoms with E-state index in [2.05, 4.69) is 44.9 Å². The fourth-order valence-corrected chi connectivity index (χ4v) is 2.86. The first-order valence-electron chi connectivity index (χ1n) is 7.67. The fourth-order valence-electron chi connectivity index (χ4n) is 2.86. The molecular weight excluding hydrogens is 218 g/mol. The summed E-state index contributed by atoms with van der Waals surface area (Å²) in [5.41, 5.74) is 1.71. The van der Waals surface area contributed by atoms with Gasteiger partial charge in [-0.25, -0.2) is 0 Å². The van der Waals surface area contributed by atoms with E-state index < -0.39 is 0 Å². The zero-order valence-electron chi connectivity index (χ0n) is 12.5. The standard InChI is InChI=1S/C17H31N/c1-5-14(6-2)12-15(13-18-4)8-9-16(7-3)17-10-11-17/h5,7,14-15,17-18H,1,6,8-13H2,2-4H3/b16-7+. The third kappa shape index (κ3) is 5.39. The Morgan fingerprint density at radius 3 is 2.61 bits per heavy atom. The van der Waals surface area contributed by atoms with E-state index >= 15 is 0 Å². The highest BCUT2D eigenvalue weighted by atomic mass is 14.8. The molecule has 0 radical (unpaired) electrons. The van der Waals surface area contributed by atoms with Gasteiger partial charge in [-0.15, -0.1) is 6.58 Å². The van der Waals surface area contributed by atoms with Gasteiger partial charge in [0.1, 0.15) is 0 Å². The van der Waals surface area contributed by atoms with Crippen LogP contribution in [0.25, 0.3) is 0 Å². The van der Waals surface area contributed by atoms with E-state index in [0.29, 0.717) is 5.92 Å². The van der Waals surface area contributed by atoms with Crippen LogP contribution < -0.4 is 5.32 Å². The Morgan fingerprint density at radius 2 is 2.17 bits per heavy atom. The number of rotatable bonds is 10. The topological polar surface area (TPSA) is 12.0 Å². The summed E-state index contributed by atoms with van der Waals surface area (Å²) in [6.07, 6.45) is 12.5. The van der Waals surface area contributed by atoms with E-state index in [1.165, 1.54) is 38.5 Å². The summed E-state index contributed by atoms with van der Waals surface area (Å²) < 4.78 is 0. The van der Waals surface area contributed by atoms with Crippen molar-refractivity contribution in [1.29, 1.82) is 0 Å². The van der Waals surface area contributed by atoms with Gasteiger partial charge in [-0.05, 0) is 76.8 Å². The largest absolute Gasteiger partial charge is 0.319 e. The highest BCUT2D eigenvalue weighted by molar-refractivity contribution is 5.11. The summed E-state index contributed by atoms with van der Waals surface area (Å²) in [4.78, 5) is 0. The molecule has 1 rings (SSSR count). The van der Waals surface area contributed by atoms with Crippen molar-refractivity contribution in [2.75, 3.05) is 13.6 Å². The third-order valence-corrected chi connectivity index (χ3v) is 4.30. The summed E-state index contributed by atoms with van der Waals surface area (Å²) >= 11 is 0. The van der Waals surface area contributed by atoms with E-state index in [-0.39, 0.29) is 0 Å². The molecule has 0 spiro atoms. The second-order valence-corrected chi connectivity index (χ2v) is 5.74. The Kier molecular flexibility index (Phi) is 7.34. The molecule has 2 atom stereocenters.